The van der Waals surface area contributed by atoms with Gasteiger partial charge in [-0.05, 0) is 18.2 Å². The molecule has 0 aliphatic rings. The predicted octanol–water partition coefficient (Wildman–Crippen LogP) is 3.25. The largest absolute Gasteiger partial charge is 0.497 e. The van der Waals surface area contributed by atoms with Crippen LogP contribution in [0.5, 0.6) is 5.75 Å². The monoisotopic (exact) mass is 197 g/mol. The first-order chi connectivity index (χ1) is 6.27. The topological polar surface area (TPSA) is 33.0 Å². The fourth-order valence-corrected chi connectivity index (χ4v) is 0.877. The van der Waals surface area contributed by atoms with Gasteiger partial charge in [-0.3, -0.25) is 0 Å². The third kappa shape index (κ3) is 3.35. The van der Waals surface area contributed by atoms with Crippen molar-refractivity contribution < 1.29 is 4.74 Å². The van der Waals surface area contributed by atoms with Gasteiger partial charge >= 0.3 is 0 Å². The third-order valence-electron chi connectivity index (χ3n) is 1.29. The van der Waals surface area contributed by atoms with Crippen molar-refractivity contribution in [2.24, 2.45) is 0 Å². The van der Waals surface area contributed by atoms with Gasteiger partial charge in [-0.25, -0.2) is 0 Å². The Kier molecular flexibility index (Phi) is 5.75. The second kappa shape index (κ2) is 6.33. The summed E-state index contributed by atoms with van der Waals surface area (Å²) in [6.07, 6.45) is 0. The minimum atomic E-state index is 0.436. The summed E-state index contributed by atoms with van der Waals surface area (Å²) in [4.78, 5) is 0. The van der Waals surface area contributed by atoms with Gasteiger partial charge in [0.2, 0.25) is 0 Å². The number of methoxy groups -OCH3 is 1. The van der Waals surface area contributed by atoms with Gasteiger partial charge < -0.3 is 4.74 Å². The summed E-state index contributed by atoms with van der Waals surface area (Å²) in [5.41, 5.74) is 0.436. The molecular weight excluding hydrogens is 186 g/mol. The molecule has 1 aromatic carbocycles. The van der Waals surface area contributed by atoms with Crippen molar-refractivity contribution >= 4 is 11.6 Å². The summed E-state index contributed by atoms with van der Waals surface area (Å²) in [5, 5.41) is 9.00. The SMILES string of the molecule is CC.COc1ccc(Cl)c(C#N)c1. The van der Waals surface area contributed by atoms with E-state index in [1.54, 1.807) is 25.3 Å². The van der Waals surface area contributed by atoms with E-state index < -0.39 is 0 Å². The highest BCUT2D eigenvalue weighted by Crippen LogP contribution is 2.20. The Labute approximate surface area is 83.7 Å². The van der Waals surface area contributed by atoms with E-state index in [2.05, 4.69) is 0 Å². The van der Waals surface area contributed by atoms with Crippen LogP contribution in [-0.2, 0) is 0 Å². The molecule has 0 radical (unpaired) electrons. The molecule has 1 aromatic rings. The summed E-state index contributed by atoms with van der Waals surface area (Å²) >= 11 is 5.68. The van der Waals surface area contributed by atoms with Gasteiger partial charge in [-0.1, -0.05) is 25.4 Å². The first-order valence-corrected chi connectivity index (χ1v) is 4.39. The van der Waals surface area contributed by atoms with Gasteiger partial charge in [-0.15, -0.1) is 0 Å². The van der Waals surface area contributed by atoms with E-state index in [0.29, 0.717) is 16.3 Å². The van der Waals surface area contributed by atoms with Gasteiger partial charge in [0.25, 0.3) is 0 Å². The van der Waals surface area contributed by atoms with Crippen LogP contribution in [0.3, 0.4) is 0 Å². The van der Waals surface area contributed by atoms with Crippen molar-refractivity contribution in [1.82, 2.24) is 0 Å². The van der Waals surface area contributed by atoms with E-state index in [0.717, 1.165) is 0 Å². The van der Waals surface area contributed by atoms with Crippen LogP contribution in [0.25, 0.3) is 0 Å². The van der Waals surface area contributed by atoms with Crippen molar-refractivity contribution in [3.63, 3.8) is 0 Å². The van der Waals surface area contributed by atoms with Crippen LogP contribution in [-0.4, -0.2) is 7.11 Å². The van der Waals surface area contributed by atoms with Crippen molar-refractivity contribution in [1.29, 1.82) is 5.26 Å². The molecule has 0 spiro atoms. The van der Waals surface area contributed by atoms with Crippen molar-refractivity contribution in [2.45, 2.75) is 13.8 Å². The van der Waals surface area contributed by atoms with Crippen molar-refractivity contribution in [3.05, 3.63) is 28.8 Å². The molecule has 0 atom stereocenters. The summed E-state index contributed by atoms with van der Waals surface area (Å²) in [5.74, 6) is 0.644. The minimum absolute atomic E-state index is 0.436. The van der Waals surface area contributed by atoms with E-state index >= 15 is 0 Å². The molecule has 0 saturated heterocycles. The fourth-order valence-electron chi connectivity index (χ4n) is 0.717. The zero-order valence-corrected chi connectivity index (χ0v) is 8.72. The average molecular weight is 198 g/mol. The molecule has 2 nitrogen and oxygen atoms in total. The van der Waals surface area contributed by atoms with Gasteiger partial charge in [0, 0.05) is 0 Å². The van der Waals surface area contributed by atoms with E-state index in [9.17, 15) is 0 Å². The standard InChI is InChI=1S/C8H6ClNO.C2H6/c1-11-7-2-3-8(9)6(4-7)5-10;1-2/h2-4H,1H3;1-2H3. The molecule has 0 amide bonds. The van der Waals surface area contributed by atoms with Crippen LogP contribution in [0.2, 0.25) is 5.02 Å². The van der Waals surface area contributed by atoms with Gasteiger partial charge in [0.05, 0.1) is 17.7 Å². The molecule has 0 unspecified atom stereocenters. The Hall–Kier alpha value is -1.20. The Bertz CT molecular complexity index is 304. The average Bonchev–Trinajstić information content (AvgIpc) is 2.22. The van der Waals surface area contributed by atoms with Crippen LogP contribution in [0.4, 0.5) is 0 Å². The molecule has 0 aromatic heterocycles. The van der Waals surface area contributed by atoms with Gasteiger partial charge in [-0.2, -0.15) is 5.26 Å². The van der Waals surface area contributed by atoms with Crippen LogP contribution in [0.1, 0.15) is 19.4 Å². The number of nitriles is 1. The Morgan fingerprint density at radius 1 is 1.38 bits per heavy atom. The summed E-state index contributed by atoms with van der Waals surface area (Å²) < 4.78 is 4.90. The highest BCUT2D eigenvalue weighted by Gasteiger charge is 1.99. The molecular formula is C10H12ClNO. The lowest BCUT2D eigenvalue weighted by Gasteiger charge is -1.99. The molecule has 0 aliphatic carbocycles. The van der Waals surface area contributed by atoms with Crippen LogP contribution in [0, 0.1) is 11.3 Å². The number of halogens is 1. The van der Waals surface area contributed by atoms with E-state index in [1.807, 2.05) is 19.9 Å². The first kappa shape index (κ1) is 11.8. The molecule has 0 aliphatic heterocycles. The number of rotatable bonds is 1. The Morgan fingerprint density at radius 3 is 2.46 bits per heavy atom. The molecule has 70 valence electrons. The molecule has 0 N–H and O–H groups in total. The molecule has 0 saturated carbocycles. The summed E-state index contributed by atoms with van der Waals surface area (Å²) in [6, 6.07) is 6.91. The number of nitrogens with zero attached hydrogens (tertiary/aromatic N) is 1. The van der Waals surface area contributed by atoms with Crippen LogP contribution >= 0.6 is 11.6 Å². The third-order valence-corrected chi connectivity index (χ3v) is 1.62. The lowest BCUT2D eigenvalue weighted by Crippen LogP contribution is -1.83. The smallest absolute Gasteiger partial charge is 0.120 e. The maximum absolute atomic E-state index is 8.55. The Balaban J connectivity index is 0.000000671. The summed E-state index contributed by atoms with van der Waals surface area (Å²) in [6.45, 7) is 4.00. The minimum Gasteiger partial charge on any atom is -0.497 e. The summed E-state index contributed by atoms with van der Waals surface area (Å²) in [7, 11) is 1.55. The van der Waals surface area contributed by atoms with E-state index in [4.69, 9.17) is 21.6 Å². The molecule has 13 heavy (non-hydrogen) atoms. The second-order valence-electron chi connectivity index (χ2n) is 1.96. The first-order valence-electron chi connectivity index (χ1n) is 4.01. The maximum atomic E-state index is 8.55. The van der Waals surface area contributed by atoms with E-state index in [1.165, 1.54) is 0 Å². The second-order valence-corrected chi connectivity index (χ2v) is 2.36. The van der Waals surface area contributed by atoms with Crippen molar-refractivity contribution in [3.8, 4) is 11.8 Å². The van der Waals surface area contributed by atoms with Gasteiger partial charge in [0.1, 0.15) is 11.8 Å². The molecule has 0 bridgehead atoms. The fraction of sp³-hybridized carbons (Fsp3) is 0.300. The highest BCUT2D eigenvalue weighted by molar-refractivity contribution is 6.31. The molecule has 0 heterocycles. The zero-order chi connectivity index (χ0) is 10.3. The zero-order valence-electron chi connectivity index (χ0n) is 7.97. The number of benzene rings is 1. The van der Waals surface area contributed by atoms with E-state index in [-0.39, 0.29) is 0 Å². The Morgan fingerprint density at radius 2 is 2.00 bits per heavy atom. The quantitative estimate of drug-likeness (QED) is 0.693. The van der Waals surface area contributed by atoms with Crippen LogP contribution in [0.15, 0.2) is 18.2 Å². The lowest BCUT2D eigenvalue weighted by atomic mass is 10.2. The van der Waals surface area contributed by atoms with Gasteiger partial charge in [0.15, 0.2) is 0 Å². The predicted molar refractivity (Wildman–Crippen MR) is 54.1 cm³/mol. The molecule has 1 rings (SSSR count). The lowest BCUT2D eigenvalue weighted by molar-refractivity contribution is 0.414. The molecule has 0 fully saturated rings. The normalized spacial score (nSPS) is 7.92. The number of hydrogen-bond donors (Lipinski definition) is 0. The maximum Gasteiger partial charge on any atom is 0.120 e. The number of hydrogen-bond acceptors (Lipinski definition) is 2. The van der Waals surface area contributed by atoms with Crippen molar-refractivity contribution in [2.75, 3.05) is 7.11 Å². The molecule has 3 heteroatoms. The highest BCUT2D eigenvalue weighted by atomic mass is 35.5. The van der Waals surface area contributed by atoms with Crippen LogP contribution < -0.4 is 4.74 Å². The number of ether oxygens (including phenoxy) is 1.